The summed E-state index contributed by atoms with van der Waals surface area (Å²) in [7, 11) is -2.10. The predicted molar refractivity (Wildman–Crippen MR) is 182 cm³/mol. The lowest BCUT2D eigenvalue weighted by Crippen LogP contribution is -2.55. The lowest BCUT2D eigenvalue weighted by atomic mass is 9.64. The van der Waals surface area contributed by atoms with Crippen LogP contribution in [0.2, 0.25) is 5.02 Å². The summed E-state index contributed by atoms with van der Waals surface area (Å²) in [5.41, 5.74) is 2.03. The van der Waals surface area contributed by atoms with Gasteiger partial charge in [0.05, 0.1) is 23.1 Å². The largest absolute Gasteiger partial charge is 0.487 e. The molecular formula is C35H48ClN3O6S. The molecule has 1 saturated carbocycles. The smallest absolute Gasteiger partial charge is 0.264 e. The van der Waals surface area contributed by atoms with Gasteiger partial charge < -0.3 is 24.7 Å². The van der Waals surface area contributed by atoms with Gasteiger partial charge in [-0.05, 0) is 112 Å². The molecule has 1 fully saturated rings. The summed E-state index contributed by atoms with van der Waals surface area (Å²) in [6, 6.07) is 11.0. The van der Waals surface area contributed by atoms with Gasteiger partial charge in [-0.2, -0.15) is 0 Å². The van der Waals surface area contributed by atoms with E-state index in [0.717, 1.165) is 48.9 Å². The molecule has 0 spiro atoms. The van der Waals surface area contributed by atoms with Gasteiger partial charge in [0.15, 0.2) is 0 Å². The number of aliphatic hydroxyl groups excluding tert-OH is 1. The lowest BCUT2D eigenvalue weighted by Gasteiger charge is -2.49. The van der Waals surface area contributed by atoms with E-state index in [9.17, 15) is 23.4 Å². The number of hydrogen-bond acceptors (Lipinski definition) is 8. The maximum Gasteiger partial charge on any atom is 0.264 e. The van der Waals surface area contributed by atoms with Crippen LogP contribution >= 0.6 is 11.6 Å². The normalized spacial score (nSPS) is 29.3. The highest BCUT2D eigenvalue weighted by molar-refractivity contribution is 7.90. The van der Waals surface area contributed by atoms with Gasteiger partial charge in [0.1, 0.15) is 12.4 Å². The molecule has 1 aliphatic carbocycles. The Balaban J connectivity index is 1.56. The summed E-state index contributed by atoms with van der Waals surface area (Å²) >= 11 is 6.34. The first kappa shape index (κ1) is 34.7. The number of aryl methyl sites for hydroxylation is 1. The second-order valence-electron chi connectivity index (χ2n) is 13.5. The van der Waals surface area contributed by atoms with E-state index in [2.05, 4.69) is 9.62 Å². The Bertz CT molecular complexity index is 1530. The molecule has 0 radical (unpaired) electrons. The van der Waals surface area contributed by atoms with E-state index in [1.165, 1.54) is 0 Å². The van der Waals surface area contributed by atoms with Gasteiger partial charge in [-0.3, -0.25) is 4.79 Å². The van der Waals surface area contributed by atoms with E-state index >= 15 is 0 Å². The molecule has 3 N–H and O–H groups in total. The van der Waals surface area contributed by atoms with Gasteiger partial charge in [0.2, 0.25) is 10.0 Å². The molecular weight excluding hydrogens is 626 g/mol. The van der Waals surface area contributed by atoms with E-state index in [1.54, 1.807) is 25.1 Å². The molecule has 0 saturated heterocycles. The van der Waals surface area contributed by atoms with Crippen molar-refractivity contribution in [3.63, 3.8) is 0 Å². The van der Waals surface area contributed by atoms with Crippen LogP contribution in [-0.4, -0.2) is 80.1 Å². The average molecular weight is 674 g/mol. The van der Waals surface area contributed by atoms with Crippen LogP contribution in [0.4, 0.5) is 5.69 Å². The fraction of sp³-hybridized carbons (Fsp3) is 0.571. The van der Waals surface area contributed by atoms with E-state index in [4.69, 9.17) is 16.3 Å². The number of fused-ring (bicyclic) bond motifs is 3. The molecule has 0 aromatic heterocycles. The third-order valence-corrected chi connectivity index (χ3v) is 12.3. The van der Waals surface area contributed by atoms with Gasteiger partial charge in [0, 0.05) is 36.8 Å². The number of allylic oxidation sites excluding steroid dienone is 1. The van der Waals surface area contributed by atoms with Crippen LogP contribution in [0.25, 0.3) is 0 Å². The number of nitrogens with zero attached hydrogens (tertiary/aromatic N) is 2. The molecule has 252 valence electrons. The maximum absolute atomic E-state index is 13.4. The fourth-order valence-corrected chi connectivity index (χ4v) is 8.53. The van der Waals surface area contributed by atoms with E-state index < -0.39 is 26.8 Å². The summed E-state index contributed by atoms with van der Waals surface area (Å²) < 4.78 is 35.4. The van der Waals surface area contributed by atoms with E-state index in [1.807, 2.05) is 49.2 Å². The van der Waals surface area contributed by atoms with Crippen LogP contribution in [0.15, 0.2) is 48.6 Å². The number of carbonyl (C=O) groups is 1. The molecule has 2 aromatic carbocycles. The third-order valence-electron chi connectivity index (χ3n) is 10.2. The van der Waals surface area contributed by atoms with Crippen LogP contribution in [0.5, 0.6) is 5.75 Å². The zero-order valence-corrected chi connectivity index (χ0v) is 28.7. The molecule has 2 heterocycles. The van der Waals surface area contributed by atoms with E-state index in [0.29, 0.717) is 50.0 Å². The van der Waals surface area contributed by atoms with Gasteiger partial charge in [0.25, 0.3) is 5.91 Å². The summed E-state index contributed by atoms with van der Waals surface area (Å²) in [6.07, 6.45) is 8.64. The molecule has 2 bridgehead atoms. The number of anilines is 1. The van der Waals surface area contributed by atoms with Crippen molar-refractivity contribution in [1.82, 2.24) is 9.62 Å². The molecule has 0 unspecified atom stereocenters. The SMILES string of the molecule is C[C@@H]1[C@@H](C)C/C=C/[C@](O)(CN(C)CCO)[C@@H]2CC[C@H]2CN2CCCCc3cc(Cl)ccc3COc3ccc(cc32)C(=O)NS1(=O)=O. The highest BCUT2D eigenvalue weighted by atomic mass is 35.5. The lowest BCUT2D eigenvalue weighted by molar-refractivity contribution is -0.0623. The number of halogens is 1. The summed E-state index contributed by atoms with van der Waals surface area (Å²) in [6.45, 7) is 5.91. The van der Waals surface area contributed by atoms with Crippen LogP contribution in [0.1, 0.15) is 67.4 Å². The van der Waals surface area contributed by atoms with Crippen molar-refractivity contribution < 1.29 is 28.2 Å². The topological polar surface area (TPSA) is 119 Å². The first-order chi connectivity index (χ1) is 21.9. The Morgan fingerprint density at radius 1 is 1.13 bits per heavy atom. The van der Waals surface area contributed by atoms with Crippen LogP contribution in [0, 0.1) is 17.8 Å². The molecule has 1 amide bonds. The first-order valence-electron chi connectivity index (χ1n) is 16.4. The molecule has 2 aromatic rings. The number of carbonyl (C=O) groups excluding carboxylic acids is 1. The van der Waals surface area contributed by atoms with Crippen molar-refractivity contribution >= 4 is 33.2 Å². The minimum atomic E-state index is -3.99. The van der Waals surface area contributed by atoms with Crippen LogP contribution in [-0.2, 0) is 23.1 Å². The number of rotatable bonds is 4. The first-order valence-corrected chi connectivity index (χ1v) is 18.4. The molecule has 46 heavy (non-hydrogen) atoms. The van der Waals surface area contributed by atoms with Crippen molar-refractivity contribution in [1.29, 1.82) is 0 Å². The number of ether oxygens (including phenoxy) is 1. The third kappa shape index (κ3) is 7.90. The number of sulfonamides is 1. The predicted octanol–water partition coefficient (Wildman–Crippen LogP) is 4.79. The molecule has 9 nitrogen and oxygen atoms in total. The molecule has 5 rings (SSSR count). The second-order valence-corrected chi connectivity index (χ2v) is 16.0. The van der Waals surface area contributed by atoms with Gasteiger partial charge in [-0.1, -0.05) is 36.7 Å². The maximum atomic E-state index is 13.4. The quantitative estimate of drug-likeness (QED) is 0.397. The Morgan fingerprint density at radius 3 is 2.67 bits per heavy atom. The van der Waals surface area contributed by atoms with E-state index in [-0.39, 0.29) is 29.9 Å². The minimum absolute atomic E-state index is 0.00845. The Morgan fingerprint density at radius 2 is 1.93 bits per heavy atom. The number of amides is 1. The average Bonchev–Trinajstić information content (AvgIpc) is 3.01. The summed E-state index contributed by atoms with van der Waals surface area (Å²) in [5, 5.41) is 21.6. The van der Waals surface area contributed by atoms with Crippen molar-refractivity contribution in [3.05, 3.63) is 70.3 Å². The zero-order valence-electron chi connectivity index (χ0n) is 27.1. The Hall–Kier alpha value is -2.63. The number of benzene rings is 2. The van der Waals surface area contributed by atoms with Crippen molar-refractivity contribution in [3.8, 4) is 5.75 Å². The van der Waals surface area contributed by atoms with Crippen LogP contribution in [0.3, 0.4) is 0 Å². The van der Waals surface area contributed by atoms with Crippen molar-refractivity contribution in [2.24, 2.45) is 17.8 Å². The minimum Gasteiger partial charge on any atom is -0.487 e. The standard InChI is InChI=1S/C35H48ClN3O6S/c1-24-7-6-15-35(42,23-38(3)17-18-40)31-13-10-28(31)21-39-16-5-4-8-26-19-30(36)12-9-29(26)22-45-33-14-11-27(20-32(33)39)34(41)37-46(43,44)25(24)2/h6,9,11-12,14-15,19-20,24-25,28,31,40,42H,4-5,7-8,10,13,16-18,21-23H2,1-3H3,(H,37,41)/b15-6+/t24-,25+,28-,31+,35-/m0/s1. The number of aliphatic hydroxyl groups is 2. The van der Waals surface area contributed by atoms with Gasteiger partial charge in [-0.15, -0.1) is 0 Å². The van der Waals surface area contributed by atoms with Gasteiger partial charge in [-0.25, -0.2) is 13.1 Å². The highest BCUT2D eigenvalue weighted by Gasteiger charge is 2.46. The number of hydrogen-bond donors (Lipinski definition) is 3. The molecule has 5 atom stereocenters. The molecule has 2 aliphatic heterocycles. The Kier molecular flexibility index (Phi) is 11.0. The zero-order chi connectivity index (χ0) is 33.1. The number of likely N-dealkylation sites (N-methyl/N-ethyl adjacent to an activating group) is 1. The molecule has 11 heteroatoms. The molecule has 3 aliphatic rings. The van der Waals surface area contributed by atoms with Crippen molar-refractivity contribution in [2.45, 2.75) is 69.8 Å². The van der Waals surface area contributed by atoms with Gasteiger partial charge >= 0.3 is 0 Å². The monoisotopic (exact) mass is 673 g/mol. The summed E-state index contributed by atoms with van der Waals surface area (Å²) in [4.78, 5) is 17.6. The fourth-order valence-electron chi connectivity index (χ4n) is 7.05. The Labute approximate surface area is 278 Å². The highest BCUT2D eigenvalue weighted by Crippen LogP contribution is 2.45. The summed E-state index contributed by atoms with van der Waals surface area (Å²) in [5.74, 6) is -0.219. The van der Waals surface area contributed by atoms with Crippen LogP contribution < -0.4 is 14.4 Å². The second kappa shape index (κ2) is 14.6. The van der Waals surface area contributed by atoms with Crippen molar-refractivity contribution in [2.75, 3.05) is 44.7 Å². The number of nitrogens with one attached hydrogen (secondary N) is 1.